The summed E-state index contributed by atoms with van der Waals surface area (Å²) in [5, 5.41) is 0. The third-order valence-electron chi connectivity index (χ3n) is 2.51. The largest absolute Gasteiger partial charge is 0.0654 e. The van der Waals surface area contributed by atoms with Crippen molar-refractivity contribution in [1.82, 2.24) is 0 Å². The molecule has 0 nitrogen and oxygen atoms in total. The topological polar surface area (TPSA) is 0 Å². The fourth-order valence-electron chi connectivity index (χ4n) is 0.869. The van der Waals surface area contributed by atoms with E-state index < -0.39 is 0 Å². The van der Waals surface area contributed by atoms with Crippen LogP contribution >= 0.6 is 0 Å². The predicted molar refractivity (Wildman–Crippen MR) is 47.9 cm³/mol. The molecule has 0 fully saturated rings. The molecule has 0 rings (SSSR count). The van der Waals surface area contributed by atoms with Crippen molar-refractivity contribution >= 4 is 0 Å². The summed E-state index contributed by atoms with van der Waals surface area (Å²) < 4.78 is 0. The van der Waals surface area contributed by atoms with Gasteiger partial charge in [0.25, 0.3) is 0 Å². The van der Waals surface area contributed by atoms with Crippen LogP contribution in [0.2, 0.25) is 0 Å². The SMILES string of the molecule is CCCCC(C)(C)[C](C)C. The summed E-state index contributed by atoms with van der Waals surface area (Å²) >= 11 is 0. The average molecular weight is 141 g/mol. The van der Waals surface area contributed by atoms with Crippen LogP contribution in [-0.2, 0) is 0 Å². The minimum Gasteiger partial charge on any atom is -0.0654 e. The molecule has 0 spiro atoms. The molecule has 0 aliphatic rings. The van der Waals surface area contributed by atoms with Crippen molar-refractivity contribution in [2.24, 2.45) is 5.41 Å². The summed E-state index contributed by atoms with van der Waals surface area (Å²) in [4.78, 5) is 0. The molecule has 0 amide bonds. The first-order chi connectivity index (χ1) is 4.50. The van der Waals surface area contributed by atoms with Crippen LogP contribution in [0.5, 0.6) is 0 Å². The van der Waals surface area contributed by atoms with E-state index in [0.717, 1.165) is 0 Å². The molecule has 0 aliphatic carbocycles. The lowest BCUT2D eigenvalue weighted by Crippen LogP contribution is -2.16. The Morgan fingerprint density at radius 3 is 2.00 bits per heavy atom. The average Bonchev–Trinajstić information content (AvgIpc) is 1.84. The van der Waals surface area contributed by atoms with Gasteiger partial charge >= 0.3 is 0 Å². The Labute approximate surface area is 66.0 Å². The lowest BCUT2D eigenvalue weighted by Gasteiger charge is -2.28. The van der Waals surface area contributed by atoms with Gasteiger partial charge in [0.05, 0.1) is 0 Å². The van der Waals surface area contributed by atoms with Gasteiger partial charge in [0.1, 0.15) is 0 Å². The Kier molecular flexibility index (Phi) is 4.00. The van der Waals surface area contributed by atoms with Gasteiger partial charge in [-0.1, -0.05) is 47.5 Å². The minimum atomic E-state index is 0.468. The normalized spacial score (nSPS) is 12.6. The molecular weight excluding hydrogens is 120 g/mol. The smallest absolute Gasteiger partial charge is 0.0247 e. The Hall–Kier alpha value is 0. The maximum absolute atomic E-state index is 2.33. The molecule has 10 heavy (non-hydrogen) atoms. The molecule has 0 aromatic carbocycles. The van der Waals surface area contributed by atoms with Crippen LogP contribution in [0.4, 0.5) is 0 Å². The molecule has 0 aromatic heterocycles. The molecule has 1 radical (unpaired) electrons. The second-order valence-corrected chi connectivity index (χ2v) is 3.99. The second kappa shape index (κ2) is 4.00. The van der Waals surface area contributed by atoms with Crippen LogP contribution in [0.15, 0.2) is 0 Å². The molecule has 0 atom stereocenters. The number of unbranched alkanes of at least 4 members (excludes halogenated alkanes) is 1. The van der Waals surface area contributed by atoms with E-state index in [1.165, 1.54) is 19.3 Å². The molecule has 0 unspecified atom stereocenters. The first-order valence-corrected chi connectivity index (χ1v) is 4.31. The van der Waals surface area contributed by atoms with Gasteiger partial charge in [-0.3, -0.25) is 0 Å². The standard InChI is InChI=1S/C10H21/c1-6-7-8-10(4,5)9(2)3/h6-8H2,1-5H3. The fourth-order valence-corrected chi connectivity index (χ4v) is 0.869. The van der Waals surface area contributed by atoms with Crippen LogP contribution in [-0.4, -0.2) is 0 Å². The Bertz CT molecular complexity index is 80.0. The highest BCUT2D eigenvalue weighted by Crippen LogP contribution is 2.33. The van der Waals surface area contributed by atoms with Gasteiger partial charge in [0.2, 0.25) is 0 Å². The van der Waals surface area contributed by atoms with Crippen molar-refractivity contribution in [3.63, 3.8) is 0 Å². The zero-order valence-electron chi connectivity index (χ0n) is 8.12. The maximum atomic E-state index is 2.33. The fraction of sp³-hybridized carbons (Fsp3) is 0.900. The summed E-state index contributed by atoms with van der Waals surface area (Å²) in [6, 6.07) is 0. The Morgan fingerprint density at radius 1 is 1.20 bits per heavy atom. The summed E-state index contributed by atoms with van der Waals surface area (Å²) in [6.07, 6.45) is 4.01. The number of rotatable bonds is 4. The quantitative estimate of drug-likeness (QED) is 0.558. The van der Waals surface area contributed by atoms with Gasteiger partial charge in [-0.2, -0.15) is 0 Å². The van der Waals surface area contributed by atoms with E-state index in [4.69, 9.17) is 0 Å². The predicted octanol–water partition coefficient (Wildman–Crippen LogP) is 3.82. The highest BCUT2D eigenvalue weighted by Gasteiger charge is 2.21. The lowest BCUT2D eigenvalue weighted by molar-refractivity contribution is 0.345. The van der Waals surface area contributed by atoms with E-state index in [1.54, 1.807) is 5.92 Å². The van der Waals surface area contributed by atoms with Gasteiger partial charge in [0.15, 0.2) is 0 Å². The van der Waals surface area contributed by atoms with E-state index in [0.29, 0.717) is 5.41 Å². The van der Waals surface area contributed by atoms with Crippen molar-refractivity contribution in [3.8, 4) is 0 Å². The van der Waals surface area contributed by atoms with Gasteiger partial charge in [-0.15, -0.1) is 0 Å². The monoisotopic (exact) mass is 141 g/mol. The number of hydrogen-bond donors (Lipinski definition) is 0. The third kappa shape index (κ3) is 3.24. The van der Waals surface area contributed by atoms with Crippen LogP contribution < -0.4 is 0 Å². The molecule has 0 N–H and O–H groups in total. The molecule has 0 saturated carbocycles. The first-order valence-electron chi connectivity index (χ1n) is 4.31. The van der Waals surface area contributed by atoms with Crippen LogP contribution in [0.3, 0.4) is 0 Å². The van der Waals surface area contributed by atoms with Crippen LogP contribution in [0.25, 0.3) is 0 Å². The van der Waals surface area contributed by atoms with Crippen molar-refractivity contribution in [3.05, 3.63) is 5.92 Å². The number of hydrogen-bond acceptors (Lipinski definition) is 0. The lowest BCUT2D eigenvalue weighted by atomic mass is 9.77. The molecule has 0 aliphatic heterocycles. The summed E-state index contributed by atoms with van der Waals surface area (Å²) in [5.74, 6) is 1.56. The molecule has 0 heteroatoms. The molecule has 61 valence electrons. The van der Waals surface area contributed by atoms with E-state index >= 15 is 0 Å². The summed E-state index contributed by atoms with van der Waals surface area (Å²) in [7, 11) is 0. The van der Waals surface area contributed by atoms with E-state index in [2.05, 4.69) is 34.6 Å². The minimum absolute atomic E-state index is 0.468. The van der Waals surface area contributed by atoms with Crippen molar-refractivity contribution in [2.45, 2.75) is 53.9 Å². The second-order valence-electron chi connectivity index (χ2n) is 3.99. The first kappa shape index (κ1) is 10.0. The van der Waals surface area contributed by atoms with Gasteiger partial charge in [-0.05, 0) is 17.8 Å². The highest BCUT2D eigenvalue weighted by molar-refractivity contribution is 4.94. The van der Waals surface area contributed by atoms with E-state index in [9.17, 15) is 0 Å². The molecule has 0 saturated heterocycles. The van der Waals surface area contributed by atoms with Crippen molar-refractivity contribution in [2.75, 3.05) is 0 Å². The maximum Gasteiger partial charge on any atom is -0.0247 e. The van der Waals surface area contributed by atoms with E-state index in [1.807, 2.05) is 0 Å². The van der Waals surface area contributed by atoms with Crippen molar-refractivity contribution < 1.29 is 0 Å². The molecular formula is C10H21. The van der Waals surface area contributed by atoms with Gasteiger partial charge < -0.3 is 0 Å². The zero-order chi connectivity index (χ0) is 8.20. The molecule has 0 aromatic rings. The highest BCUT2D eigenvalue weighted by atomic mass is 14.3. The van der Waals surface area contributed by atoms with Crippen molar-refractivity contribution in [1.29, 1.82) is 0 Å². The summed E-state index contributed by atoms with van der Waals surface area (Å²) in [5.41, 5.74) is 0.468. The van der Waals surface area contributed by atoms with E-state index in [-0.39, 0.29) is 0 Å². The zero-order valence-corrected chi connectivity index (χ0v) is 8.12. The molecule has 0 bridgehead atoms. The van der Waals surface area contributed by atoms with Gasteiger partial charge in [-0.25, -0.2) is 0 Å². The third-order valence-corrected chi connectivity index (χ3v) is 2.51. The molecule has 0 heterocycles. The Morgan fingerprint density at radius 2 is 1.70 bits per heavy atom. The van der Waals surface area contributed by atoms with Gasteiger partial charge in [0, 0.05) is 0 Å². The van der Waals surface area contributed by atoms with Crippen LogP contribution in [0, 0.1) is 11.3 Å². The summed E-state index contributed by atoms with van der Waals surface area (Å²) in [6.45, 7) is 11.4. The Balaban J connectivity index is 3.63. The van der Waals surface area contributed by atoms with Crippen LogP contribution in [0.1, 0.15) is 53.9 Å².